The fraction of sp³-hybridized carbons (Fsp3) is 0.154. The van der Waals surface area contributed by atoms with Crippen molar-refractivity contribution in [3.63, 3.8) is 0 Å². The van der Waals surface area contributed by atoms with Gasteiger partial charge in [0, 0.05) is 6.42 Å². The van der Waals surface area contributed by atoms with Crippen LogP contribution in [0.3, 0.4) is 0 Å². The molecule has 1 aromatic heterocycles. The van der Waals surface area contributed by atoms with Crippen LogP contribution in [0, 0.1) is 5.82 Å². The Kier molecular flexibility index (Phi) is 3.23. The number of carboxylic acid groups (broad SMARTS) is 1. The van der Waals surface area contributed by atoms with E-state index in [4.69, 9.17) is 9.52 Å². The first-order valence-electron chi connectivity index (χ1n) is 5.17. The normalized spacial score (nSPS) is 12.3. The molecule has 88 valence electrons. The second-order valence-electron chi connectivity index (χ2n) is 3.73. The second kappa shape index (κ2) is 4.82. The molecule has 3 nitrogen and oxygen atoms in total. The van der Waals surface area contributed by atoms with Crippen LogP contribution in [0.2, 0.25) is 0 Å². The highest BCUT2D eigenvalue weighted by atomic mass is 19.1. The third-order valence-corrected chi connectivity index (χ3v) is 2.56. The van der Waals surface area contributed by atoms with Gasteiger partial charge in [-0.1, -0.05) is 12.1 Å². The van der Waals surface area contributed by atoms with Gasteiger partial charge in [-0.25, -0.2) is 4.39 Å². The Morgan fingerprint density at radius 1 is 1.29 bits per heavy atom. The van der Waals surface area contributed by atoms with Crippen molar-refractivity contribution < 1.29 is 18.7 Å². The third-order valence-electron chi connectivity index (χ3n) is 2.56. The molecule has 0 radical (unpaired) electrons. The molecule has 0 amide bonds. The van der Waals surface area contributed by atoms with E-state index in [-0.39, 0.29) is 12.2 Å². The number of hydrogen-bond acceptors (Lipinski definition) is 2. The third kappa shape index (κ3) is 2.72. The first-order chi connectivity index (χ1) is 8.16. The summed E-state index contributed by atoms with van der Waals surface area (Å²) in [4.78, 5) is 11.2. The Hall–Kier alpha value is -2.10. The van der Waals surface area contributed by atoms with E-state index in [0.717, 1.165) is 0 Å². The van der Waals surface area contributed by atoms with Crippen molar-refractivity contribution in [3.05, 3.63) is 59.8 Å². The molecule has 4 heteroatoms. The van der Waals surface area contributed by atoms with Crippen molar-refractivity contribution >= 4 is 5.97 Å². The Balaban J connectivity index is 2.23. The predicted octanol–water partition coefficient (Wildman–Crippen LogP) is 2.83. The van der Waals surface area contributed by atoms with Gasteiger partial charge < -0.3 is 9.52 Å². The van der Waals surface area contributed by atoms with Crippen LogP contribution in [0.25, 0.3) is 0 Å². The van der Waals surface area contributed by atoms with E-state index in [9.17, 15) is 9.18 Å². The highest BCUT2D eigenvalue weighted by Gasteiger charge is 2.21. The number of carbonyl (C=O) groups is 1. The first kappa shape index (κ1) is 11.4. The van der Waals surface area contributed by atoms with Gasteiger partial charge in [0.15, 0.2) is 0 Å². The number of benzene rings is 1. The van der Waals surface area contributed by atoms with Crippen molar-refractivity contribution in [2.75, 3.05) is 0 Å². The zero-order valence-electron chi connectivity index (χ0n) is 8.97. The minimum Gasteiger partial charge on any atom is -0.481 e. The highest BCUT2D eigenvalue weighted by Crippen LogP contribution is 2.21. The van der Waals surface area contributed by atoms with E-state index < -0.39 is 11.9 Å². The molecule has 2 rings (SSSR count). The van der Waals surface area contributed by atoms with Crippen LogP contribution in [0.1, 0.15) is 17.2 Å². The minimum atomic E-state index is -0.951. The summed E-state index contributed by atoms with van der Waals surface area (Å²) >= 11 is 0. The van der Waals surface area contributed by atoms with Crippen molar-refractivity contribution in [1.29, 1.82) is 0 Å². The fourth-order valence-corrected chi connectivity index (χ4v) is 1.67. The lowest BCUT2D eigenvalue weighted by Crippen LogP contribution is -2.14. The molecule has 0 aliphatic carbocycles. The number of rotatable bonds is 4. The average Bonchev–Trinajstić information content (AvgIpc) is 2.80. The summed E-state index contributed by atoms with van der Waals surface area (Å²) in [5, 5.41) is 9.16. The van der Waals surface area contributed by atoms with Gasteiger partial charge in [-0.05, 0) is 29.8 Å². The molecule has 0 saturated heterocycles. The maximum atomic E-state index is 12.8. The SMILES string of the molecule is O=C(O)[C@@H](Cc1ccco1)c1ccc(F)cc1. The molecular weight excluding hydrogens is 223 g/mol. The molecular formula is C13H11FO3. The van der Waals surface area contributed by atoms with Gasteiger partial charge in [0.1, 0.15) is 11.6 Å². The standard InChI is InChI=1S/C13H11FO3/c14-10-5-3-9(4-6-10)12(13(15)16)8-11-2-1-7-17-11/h1-7,12H,8H2,(H,15,16)/t12-/m0/s1. The Labute approximate surface area is 97.5 Å². The zero-order valence-corrected chi connectivity index (χ0v) is 8.97. The molecule has 0 unspecified atom stereocenters. The zero-order chi connectivity index (χ0) is 12.3. The van der Waals surface area contributed by atoms with Crippen LogP contribution in [0.15, 0.2) is 47.1 Å². The number of halogens is 1. The van der Waals surface area contributed by atoms with Crippen LogP contribution >= 0.6 is 0 Å². The minimum absolute atomic E-state index is 0.258. The molecule has 1 heterocycles. The predicted molar refractivity (Wildman–Crippen MR) is 59.2 cm³/mol. The van der Waals surface area contributed by atoms with Gasteiger partial charge in [0.2, 0.25) is 0 Å². The maximum Gasteiger partial charge on any atom is 0.311 e. The van der Waals surface area contributed by atoms with Gasteiger partial charge in [-0.2, -0.15) is 0 Å². The molecule has 2 aromatic rings. The largest absolute Gasteiger partial charge is 0.481 e. The molecule has 0 spiro atoms. The molecule has 0 saturated carbocycles. The Morgan fingerprint density at radius 2 is 2.00 bits per heavy atom. The summed E-state index contributed by atoms with van der Waals surface area (Å²) in [6.45, 7) is 0. The smallest absolute Gasteiger partial charge is 0.311 e. The Bertz CT molecular complexity index is 488. The summed E-state index contributed by atoms with van der Waals surface area (Å²) in [5.74, 6) is -1.45. The molecule has 17 heavy (non-hydrogen) atoms. The van der Waals surface area contributed by atoms with E-state index in [2.05, 4.69) is 0 Å². The second-order valence-corrected chi connectivity index (χ2v) is 3.73. The van der Waals surface area contributed by atoms with Crippen LogP contribution in [-0.4, -0.2) is 11.1 Å². The van der Waals surface area contributed by atoms with Gasteiger partial charge in [0.05, 0.1) is 12.2 Å². The van der Waals surface area contributed by atoms with Crippen molar-refractivity contribution in [3.8, 4) is 0 Å². The topological polar surface area (TPSA) is 50.4 Å². The highest BCUT2D eigenvalue weighted by molar-refractivity contribution is 5.76. The van der Waals surface area contributed by atoms with E-state index in [1.807, 2.05) is 0 Å². The van der Waals surface area contributed by atoms with E-state index >= 15 is 0 Å². The molecule has 0 aliphatic heterocycles. The molecule has 1 aromatic carbocycles. The van der Waals surface area contributed by atoms with Gasteiger partial charge >= 0.3 is 5.97 Å². The lowest BCUT2D eigenvalue weighted by atomic mass is 9.95. The van der Waals surface area contributed by atoms with Gasteiger partial charge in [-0.15, -0.1) is 0 Å². The molecule has 0 bridgehead atoms. The van der Waals surface area contributed by atoms with E-state index in [0.29, 0.717) is 11.3 Å². The van der Waals surface area contributed by atoms with Crippen LogP contribution < -0.4 is 0 Å². The molecule has 1 atom stereocenters. The quantitative estimate of drug-likeness (QED) is 0.884. The monoisotopic (exact) mass is 234 g/mol. The van der Waals surface area contributed by atoms with Crippen LogP contribution in [-0.2, 0) is 11.2 Å². The summed E-state index contributed by atoms with van der Waals surface area (Å²) in [6.07, 6.45) is 1.76. The lowest BCUT2D eigenvalue weighted by Gasteiger charge is -2.10. The van der Waals surface area contributed by atoms with Crippen LogP contribution in [0.4, 0.5) is 4.39 Å². The fourth-order valence-electron chi connectivity index (χ4n) is 1.67. The van der Waals surface area contributed by atoms with E-state index in [1.165, 1.54) is 30.5 Å². The Morgan fingerprint density at radius 3 is 2.53 bits per heavy atom. The van der Waals surface area contributed by atoms with Crippen LogP contribution in [0.5, 0.6) is 0 Å². The number of hydrogen-bond donors (Lipinski definition) is 1. The summed E-state index contributed by atoms with van der Waals surface area (Å²) < 4.78 is 17.9. The lowest BCUT2D eigenvalue weighted by molar-refractivity contribution is -0.138. The summed E-state index contributed by atoms with van der Waals surface area (Å²) in [6, 6.07) is 8.91. The molecule has 0 aliphatic rings. The molecule has 0 fully saturated rings. The van der Waals surface area contributed by atoms with Crippen molar-refractivity contribution in [1.82, 2.24) is 0 Å². The maximum absolute atomic E-state index is 12.8. The number of furan rings is 1. The average molecular weight is 234 g/mol. The van der Waals surface area contributed by atoms with E-state index in [1.54, 1.807) is 12.1 Å². The number of aliphatic carboxylic acids is 1. The molecule has 1 N–H and O–H groups in total. The van der Waals surface area contributed by atoms with Crippen molar-refractivity contribution in [2.45, 2.75) is 12.3 Å². The van der Waals surface area contributed by atoms with Gasteiger partial charge in [-0.3, -0.25) is 4.79 Å². The van der Waals surface area contributed by atoms with Gasteiger partial charge in [0.25, 0.3) is 0 Å². The van der Waals surface area contributed by atoms with Crippen molar-refractivity contribution in [2.24, 2.45) is 0 Å². The summed E-state index contributed by atoms with van der Waals surface area (Å²) in [5.41, 5.74) is 0.565. The summed E-state index contributed by atoms with van der Waals surface area (Å²) in [7, 11) is 0. The number of carboxylic acids is 1. The first-order valence-corrected chi connectivity index (χ1v) is 5.17.